The summed E-state index contributed by atoms with van der Waals surface area (Å²) in [6.45, 7) is 0.572. The number of rotatable bonds is 3. The van der Waals surface area contributed by atoms with Gasteiger partial charge in [0.15, 0.2) is 0 Å². The van der Waals surface area contributed by atoms with Gasteiger partial charge in [-0.3, -0.25) is 9.78 Å². The zero-order chi connectivity index (χ0) is 13.0. The minimum Gasteiger partial charge on any atom is -0.337 e. The van der Waals surface area contributed by atoms with Crippen molar-refractivity contribution in [3.8, 4) is 0 Å². The summed E-state index contributed by atoms with van der Waals surface area (Å²) in [4.78, 5) is 17.7. The van der Waals surface area contributed by atoms with Crippen LogP contribution in [0.15, 0.2) is 53.3 Å². The van der Waals surface area contributed by atoms with Gasteiger partial charge in [-0.2, -0.15) is 0 Å². The van der Waals surface area contributed by atoms with Crippen molar-refractivity contribution in [2.75, 3.05) is 7.05 Å². The van der Waals surface area contributed by atoms with E-state index in [-0.39, 0.29) is 5.91 Å². The second-order valence-electron chi connectivity index (χ2n) is 3.99. The third-order valence-electron chi connectivity index (χ3n) is 2.64. The maximum Gasteiger partial charge on any atom is 0.254 e. The second kappa shape index (κ2) is 5.78. The summed E-state index contributed by atoms with van der Waals surface area (Å²) >= 11 is 3.48. The quantitative estimate of drug-likeness (QED) is 0.873. The van der Waals surface area contributed by atoms with Crippen LogP contribution in [0, 0.1) is 0 Å². The van der Waals surface area contributed by atoms with Crippen molar-refractivity contribution < 1.29 is 4.79 Å². The Morgan fingerprint density at radius 2 is 1.89 bits per heavy atom. The molecule has 0 bridgehead atoms. The van der Waals surface area contributed by atoms with Crippen LogP contribution in [0.4, 0.5) is 0 Å². The summed E-state index contributed by atoms with van der Waals surface area (Å²) in [5, 5.41) is 0. The predicted octanol–water partition coefficient (Wildman–Crippen LogP) is 3.12. The number of aromatic nitrogens is 1. The molecule has 1 aromatic heterocycles. The number of pyridine rings is 1. The molecule has 2 rings (SSSR count). The number of nitrogens with zero attached hydrogens (tertiary/aromatic N) is 2. The molecule has 0 saturated heterocycles. The minimum absolute atomic E-state index is 0.00634. The number of hydrogen-bond donors (Lipinski definition) is 0. The van der Waals surface area contributed by atoms with Gasteiger partial charge in [0.05, 0.1) is 0 Å². The van der Waals surface area contributed by atoms with Gasteiger partial charge < -0.3 is 4.90 Å². The van der Waals surface area contributed by atoms with Crippen LogP contribution < -0.4 is 0 Å². The van der Waals surface area contributed by atoms with Crippen LogP contribution in [0.3, 0.4) is 0 Å². The minimum atomic E-state index is -0.00634. The normalized spacial score (nSPS) is 10.1. The van der Waals surface area contributed by atoms with E-state index >= 15 is 0 Å². The Hall–Kier alpha value is -1.68. The number of benzene rings is 1. The zero-order valence-electron chi connectivity index (χ0n) is 10.0. The predicted molar refractivity (Wildman–Crippen MR) is 74.2 cm³/mol. The molecule has 3 nitrogen and oxygen atoms in total. The first kappa shape index (κ1) is 12.8. The Bertz CT molecular complexity index is 543. The lowest BCUT2D eigenvalue weighted by molar-refractivity contribution is 0.0784. The lowest BCUT2D eigenvalue weighted by Gasteiger charge is -2.18. The summed E-state index contributed by atoms with van der Waals surface area (Å²) in [6, 6.07) is 11.3. The molecule has 0 aliphatic rings. The Labute approximate surface area is 115 Å². The van der Waals surface area contributed by atoms with E-state index in [0.29, 0.717) is 12.1 Å². The molecular weight excluding hydrogens is 292 g/mol. The Balaban J connectivity index is 2.11. The van der Waals surface area contributed by atoms with Gasteiger partial charge in [-0.25, -0.2) is 0 Å². The van der Waals surface area contributed by atoms with Crippen LogP contribution in [-0.4, -0.2) is 22.8 Å². The van der Waals surface area contributed by atoms with E-state index < -0.39 is 0 Å². The molecule has 0 radical (unpaired) electrons. The molecule has 1 heterocycles. The number of hydrogen-bond acceptors (Lipinski definition) is 2. The molecule has 0 spiro atoms. The van der Waals surface area contributed by atoms with Gasteiger partial charge in [-0.1, -0.05) is 34.1 Å². The molecule has 92 valence electrons. The average Bonchev–Trinajstić information content (AvgIpc) is 2.41. The fourth-order valence-corrected chi connectivity index (χ4v) is 2.08. The van der Waals surface area contributed by atoms with E-state index in [2.05, 4.69) is 20.9 Å². The van der Waals surface area contributed by atoms with E-state index in [1.165, 1.54) is 0 Å². The van der Waals surface area contributed by atoms with Gasteiger partial charge in [0.2, 0.25) is 0 Å². The molecule has 0 atom stereocenters. The zero-order valence-corrected chi connectivity index (χ0v) is 11.6. The van der Waals surface area contributed by atoms with E-state index in [1.807, 2.05) is 24.3 Å². The molecule has 4 heteroatoms. The second-order valence-corrected chi connectivity index (χ2v) is 4.84. The van der Waals surface area contributed by atoms with Crippen molar-refractivity contribution in [2.45, 2.75) is 6.54 Å². The van der Waals surface area contributed by atoms with Gasteiger partial charge in [-0.15, -0.1) is 0 Å². The van der Waals surface area contributed by atoms with Gasteiger partial charge in [0, 0.05) is 36.0 Å². The number of halogens is 1. The molecule has 1 aromatic carbocycles. The average molecular weight is 305 g/mol. The molecule has 0 saturated carbocycles. The highest BCUT2D eigenvalue weighted by molar-refractivity contribution is 9.10. The Morgan fingerprint density at radius 3 is 2.56 bits per heavy atom. The molecular formula is C14H13BrN2O. The van der Waals surface area contributed by atoms with Gasteiger partial charge >= 0.3 is 0 Å². The fourth-order valence-electron chi connectivity index (χ4n) is 1.67. The summed E-state index contributed by atoms with van der Waals surface area (Å²) in [7, 11) is 1.79. The van der Waals surface area contributed by atoms with Crippen molar-refractivity contribution in [1.82, 2.24) is 9.88 Å². The highest BCUT2D eigenvalue weighted by Crippen LogP contribution is 2.18. The van der Waals surface area contributed by atoms with Crippen LogP contribution in [0.2, 0.25) is 0 Å². The van der Waals surface area contributed by atoms with Crippen molar-refractivity contribution in [3.63, 3.8) is 0 Å². The fraction of sp³-hybridized carbons (Fsp3) is 0.143. The highest BCUT2D eigenvalue weighted by atomic mass is 79.9. The van der Waals surface area contributed by atoms with Crippen molar-refractivity contribution in [2.24, 2.45) is 0 Å². The molecule has 2 aromatic rings. The number of carbonyl (C=O) groups is 1. The van der Waals surface area contributed by atoms with E-state index in [0.717, 1.165) is 10.0 Å². The Morgan fingerprint density at radius 1 is 1.22 bits per heavy atom. The summed E-state index contributed by atoms with van der Waals surface area (Å²) in [6.07, 6.45) is 3.25. The molecule has 0 unspecified atom stereocenters. The van der Waals surface area contributed by atoms with E-state index in [4.69, 9.17) is 0 Å². The van der Waals surface area contributed by atoms with Crippen molar-refractivity contribution in [1.29, 1.82) is 0 Å². The largest absolute Gasteiger partial charge is 0.337 e. The van der Waals surface area contributed by atoms with Crippen molar-refractivity contribution >= 4 is 21.8 Å². The van der Waals surface area contributed by atoms with Gasteiger partial charge in [0.25, 0.3) is 5.91 Å². The molecule has 0 aliphatic carbocycles. The molecule has 1 amide bonds. The summed E-state index contributed by atoms with van der Waals surface area (Å²) in [5.74, 6) is -0.00634. The first-order chi connectivity index (χ1) is 8.68. The van der Waals surface area contributed by atoms with Gasteiger partial charge in [0.1, 0.15) is 0 Å². The maximum atomic E-state index is 12.1. The Kier molecular flexibility index (Phi) is 4.10. The monoisotopic (exact) mass is 304 g/mol. The molecule has 0 N–H and O–H groups in total. The van der Waals surface area contributed by atoms with Crippen LogP contribution in [-0.2, 0) is 6.54 Å². The SMILES string of the molecule is CN(Cc1ccccc1Br)C(=O)c1ccncc1. The van der Waals surface area contributed by atoms with Crippen LogP contribution >= 0.6 is 15.9 Å². The van der Waals surface area contributed by atoms with Crippen molar-refractivity contribution in [3.05, 3.63) is 64.4 Å². The van der Waals surface area contributed by atoms with E-state index in [9.17, 15) is 4.79 Å². The lowest BCUT2D eigenvalue weighted by atomic mass is 10.2. The topological polar surface area (TPSA) is 33.2 Å². The molecule has 0 fully saturated rings. The lowest BCUT2D eigenvalue weighted by Crippen LogP contribution is -2.26. The van der Waals surface area contributed by atoms with Crippen LogP contribution in [0.1, 0.15) is 15.9 Å². The molecule has 18 heavy (non-hydrogen) atoms. The summed E-state index contributed by atoms with van der Waals surface area (Å²) < 4.78 is 1.01. The third-order valence-corrected chi connectivity index (χ3v) is 3.41. The number of carbonyl (C=O) groups excluding carboxylic acids is 1. The smallest absolute Gasteiger partial charge is 0.254 e. The van der Waals surface area contributed by atoms with Gasteiger partial charge in [-0.05, 0) is 23.8 Å². The maximum absolute atomic E-state index is 12.1. The first-order valence-corrected chi connectivity index (χ1v) is 6.36. The molecule has 0 aliphatic heterocycles. The standard InChI is InChI=1S/C14H13BrN2O/c1-17(10-12-4-2-3-5-13(12)15)14(18)11-6-8-16-9-7-11/h2-9H,10H2,1H3. The third kappa shape index (κ3) is 2.96. The first-order valence-electron chi connectivity index (χ1n) is 5.57. The number of amides is 1. The highest BCUT2D eigenvalue weighted by Gasteiger charge is 2.12. The van der Waals surface area contributed by atoms with Crippen LogP contribution in [0.25, 0.3) is 0 Å². The van der Waals surface area contributed by atoms with Crippen LogP contribution in [0.5, 0.6) is 0 Å². The van der Waals surface area contributed by atoms with E-state index in [1.54, 1.807) is 36.5 Å². The summed E-state index contributed by atoms with van der Waals surface area (Å²) in [5.41, 5.74) is 1.74.